The number of nitrogens with one attached hydrogen (secondary N) is 1. The number of aromatic nitrogens is 1. The molecule has 0 radical (unpaired) electrons. The van der Waals surface area contributed by atoms with Gasteiger partial charge in [-0.05, 0) is 11.6 Å². The maximum Gasteiger partial charge on any atom is 0.251 e. The Bertz CT molecular complexity index is 719. The minimum Gasteiger partial charge on any atom is -0.366 e. The van der Waals surface area contributed by atoms with E-state index in [1.807, 2.05) is 54.6 Å². The minimum absolute atomic E-state index is 0. The van der Waals surface area contributed by atoms with Gasteiger partial charge in [-0.25, -0.2) is 0 Å². The number of rotatable bonds is 2. The van der Waals surface area contributed by atoms with Gasteiger partial charge in [-0.2, -0.15) is 0 Å². The zero-order valence-corrected chi connectivity index (χ0v) is 10.9. The first kappa shape index (κ1) is 13.2. The Hall–Kier alpha value is -2.26. The lowest BCUT2D eigenvalue weighted by Crippen LogP contribution is -2.11. The lowest BCUT2D eigenvalue weighted by Gasteiger charge is -2.00. The molecule has 3 rings (SSSR count). The van der Waals surface area contributed by atoms with Crippen molar-refractivity contribution in [2.75, 3.05) is 0 Å². The van der Waals surface area contributed by atoms with Gasteiger partial charge >= 0.3 is 0 Å². The standard InChI is InChI=1S/C15H12N2O.ClH/c16-15(18)13-11-8-4-5-9-12(11)17-14(13)10-6-2-1-3-7-10;/h1-9,17H,(H2,16,18);1H. The second-order valence-electron chi connectivity index (χ2n) is 4.15. The van der Waals surface area contributed by atoms with Crippen molar-refractivity contribution in [1.82, 2.24) is 4.98 Å². The number of benzene rings is 2. The number of carbonyl (C=O) groups excluding carboxylic acids is 1. The summed E-state index contributed by atoms with van der Waals surface area (Å²) in [6.45, 7) is 0. The SMILES string of the molecule is Cl.NC(=O)c1c(-c2ccccc2)[nH]c2ccccc12. The van der Waals surface area contributed by atoms with Crippen LogP contribution in [0.3, 0.4) is 0 Å². The first-order valence-electron chi connectivity index (χ1n) is 5.73. The molecule has 1 aromatic heterocycles. The van der Waals surface area contributed by atoms with Crippen molar-refractivity contribution < 1.29 is 4.79 Å². The zero-order valence-electron chi connectivity index (χ0n) is 10.1. The number of nitrogens with two attached hydrogens (primary N) is 1. The average molecular weight is 273 g/mol. The second kappa shape index (κ2) is 5.16. The Morgan fingerprint density at radius 1 is 0.947 bits per heavy atom. The summed E-state index contributed by atoms with van der Waals surface area (Å²) in [6.07, 6.45) is 0. The predicted octanol–water partition coefficient (Wildman–Crippen LogP) is 3.36. The van der Waals surface area contributed by atoms with E-state index in [0.717, 1.165) is 22.2 Å². The number of aromatic amines is 1. The van der Waals surface area contributed by atoms with Crippen LogP contribution in [0.2, 0.25) is 0 Å². The molecular weight excluding hydrogens is 260 g/mol. The maximum atomic E-state index is 11.7. The summed E-state index contributed by atoms with van der Waals surface area (Å²) >= 11 is 0. The van der Waals surface area contributed by atoms with Gasteiger partial charge in [-0.15, -0.1) is 12.4 Å². The van der Waals surface area contributed by atoms with Crippen molar-refractivity contribution in [2.45, 2.75) is 0 Å². The molecule has 0 saturated carbocycles. The van der Waals surface area contributed by atoms with Crippen molar-refractivity contribution in [3.05, 3.63) is 60.2 Å². The molecule has 19 heavy (non-hydrogen) atoms. The van der Waals surface area contributed by atoms with Crippen molar-refractivity contribution in [3.63, 3.8) is 0 Å². The minimum atomic E-state index is -0.411. The summed E-state index contributed by atoms with van der Waals surface area (Å²) < 4.78 is 0. The van der Waals surface area contributed by atoms with Crippen LogP contribution in [0.4, 0.5) is 0 Å². The van der Waals surface area contributed by atoms with Crippen LogP contribution in [-0.4, -0.2) is 10.9 Å². The van der Waals surface area contributed by atoms with E-state index < -0.39 is 5.91 Å². The first-order chi connectivity index (χ1) is 8.77. The van der Waals surface area contributed by atoms with E-state index in [1.54, 1.807) is 0 Å². The molecule has 0 aliphatic heterocycles. The maximum absolute atomic E-state index is 11.7. The van der Waals surface area contributed by atoms with Crippen LogP contribution in [0.1, 0.15) is 10.4 Å². The number of halogens is 1. The van der Waals surface area contributed by atoms with Gasteiger partial charge in [0.1, 0.15) is 0 Å². The van der Waals surface area contributed by atoms with Gasteiger partial charge in [0.25, 0.3) is 5.91 Å². The van der Waals surface area contributed by atoms with Gasteiger partial charge < -0.3 is 10.7 Å². The molecule has 0 saturated heterocycles. The second-order valence-corrected chi connectivity index (χ2v) is 4.15. The lowest BCUT2D eigenvalue weighted by molar-refractivity contribution is 0.100. The van der Waals surface area contributed by atoms with Crippen molar-refractivity contribution in [1.29, 1.82) is 0 Å². The number of hydrogen-bond donors (Lipinski definition) is 2. The summed E-state index contributed by atoms with van der Waals surface area (Å²) in [5.74, 6) is -0.411. The molecule has 3 N–H and O–H groups in total. The van der Waals surface area contributed by atoms with Gasteiger partial charge in [-0.1, -0.05) is 48.5 Å². The van der Waals surface area contributed by atoms with Gasteiger partial charge in [0, 0.05) is 10.9 Å². The molecular formula is C15H13ClN2O. The van der Waals surface area contributed by atoms with E-state index in [2.05, 4.69) is 4.98 Å². The average Bonchev–Trinajstić information content (AvgIpc) is 2.79. The van der Waals surface area contributed by atoms with E-state index >= 15 is 0 Å². The molecule has 3 aromatic rings. The van der Waals surface area contributed by atoms with E-state index in [4.69, 9.17) is 5.73 Å². The van der Waals surface area contributed by atoms with Gasteiger partial charge in [0.05, 0.1) is 11.3 Å². The van der Waals surface area contributed by atoms with Crippen LogP contribution < -0.4 is 5.73 Å². The third-order valence-electron chi connectivity index (χ3n) is 3.01. The molecule has 3 nitrogen and oxygen atoms in total. The van der Waals surface area contributed by atoms with E-state index in [9.17, 15) is 4.79 Å². The summed E-state index contributed by atoms with van der Waals surface area (Å²) in [5, 5.41) is 0.865. The van der Waals surface area contributed by atoms with Crippen LogP contribution in [0.25, 0.3) is 22.2 Å². The molecule has 0 unspecified atom stereocenters. The van der Waals surface area contributed by atoms with E-state index in [1.165, 1.54) is 0 Å². The number of fused-ring (bicyclic) bond motifs is 1. The number of amides is 1. The normalized spacial score (nSPS) is 10.1. The van der Waals surface area contributed by atoms with Gasteiger partial charge in [0.2, 0.25) is 0 Å². The molecule has 1 heterocycles. The Balaban J connectivity index is 0.00000133. The molecule has 0 fully saturated rings. The fourth-order valence-electron chi connectivity index (χ4n) is 2.22. The van der Waals surface area contributed by atoms with E-state index in [0.29, 0.717) is 5.56 Å². The smallest absolute Gasteiger partial charge is 0.251 e. The Kier molecular flexibility index (Phi) is 3.58. The Morgan fingerprint density at radius 2 is 1.58 bits per heavy atom. The quantitative estimate of drug-likeness (QED) is 0.738. The molecule has 96 valence electrons. The largest absolute Gasteiger partial charge is 0.366 e. The van der Waals surface area contributed by atoms with E-state index in [-0.39, 0.29) is 12.4 Å². The number of primary amides is 1. The van der Waals surface area contributed by atoms with Crippen LogP contribution in [-0.2, 0) is 0 Å². The molecule has 2 aromatic carbocycles. The topological polar surface area (TPSA) is 58.9 Å². The lowest BCUT2D eigenvalue weighted by atomic mass is 10.1. The summed E-state index contributed by atoms with van der Waals surface area (Å²) in [5.41, 5.74) is 8.72. The number of para-hydroxylation sites is 1. The van der Waals surface area contributed by atoms with Crippen LogP contribution in [0, 0.1) is 0 Å². The van der Waals surface area contributed by atoms with Crippen molar-refractivity contribution in [3.8, 4) is 11.3 Å². The van der Waals surface area contributed by atoms with Crippen molar-refractivity contribution in [2.24, 2.45) is 5.73 Å². The van der Waals surface area contributed by atoms with Gasteiger partial charge in [0.15, 0.2) is 0 Å². The molecule has 0 bridgehead atoms. The summed E-state index contributed by atoms with van der Waals surface area (Å²) in [6, 6.07) is 17.4. The van der Waals surface area contributed by atoms with Crippen LogP contribution in [0.5, 0.6) is 0 Å². The monoisotopic (exact) mass is 272 g/mol. The zero-order chi connectivity index (χ0) is 12.5. The highest BCUT2D eigenvalue weighted by molar-refractivity contribution is 6.11. The van der Waals surface area contributed by atoms with Gasteiger partial charge in [-0.3, -0.25) is 4.79 Å². The molecule has 0 aliphatic carbocycles. The molecule has 0 aliphatic rings. The molecule has 0 atom stereocenters. The summed E-state index contributed by atoms with van der Waals surface area (Å²) in [4.78, 5) is 14.9. The number of hydrogen-bond acceptors (Lipinski definition) is 1. The van der Waals surface area contributed by atoms with Crippen molar-refractivity contribution >= 4 is 29.2 Å². The fourth-order valence-corrected chi connectivity index (χ4v) is 2.22. The first-order valence-corrected chi connectivity index (χ1v) is 5.73. The van der Waals surface area contributed by atoms with Crippen LogP contribution >= 0.6 is 12.4 Å². The number of H-pyrrole nitrogens is 1. The Morgan fingerprint density at radius 3 is 2.26 bits per heavy atom. The highest BCUT2D eigenvalue weighted by Gasteiger charge is 2.16. The highest BCUT2D eigenvalue weighted by atomic mass is 35.5. The number of carbonyl (C=O) groups is 1. The molecule has 1 amide bonds. The highest BCUT2D eigenvalue weighted by Crippen LogP contribution is 2.29. The summed E-state index contributed by atoms with van der Waals surface area (Å²) in [7, 11) is 0. The molecule has 4 heteroatoms. The Labute approximate surface area is 116 Å². The third-order valence-corrected chi connectivity index (χ3v) is 3.01. The predicted molar refractivity (Wildman–Crippen MR) is 79.5 cm³/mol. The third kappa shape index (κ3) is 2.20. The molecule has 0 spiro atoms. The van der Waals surface area contributed by atoms with Crippen LogP contribution in [0.15, 0.2) is 54.6 Å². The fraction of sp³-hybridized carbons (Fsp3) is 0.